The lowest BCUT2D eigenvalue weighted by Crippen LogP contribution is -2.13. The van der Waals surface area contributed by atoms with E-state index in [1.807, 2.05) is 0 Å². The second kappa shape index (κ2) is 5.79. The Morgan fingerprint density at radius 1 is 1.30 bits per heavy atom. The van der Waals surface area contributed by atoms with Crippen LogP contribution in [0.25, 0.3) is 0 Å². The number of hydrogen-bond donors (Lipinski definition) is 2. The van der Waals surface area contributed by atoms with Crippen LogP contribution in [0.3, 0.4) is 0 Å². The van der Waals surface area contributed by atoms with Crippen LogP contribution in [0.5, 0.6) is 5.75 Å². The lowest BCUT2D eigenvalue weighted by molar-refractivity contribution is 0.102. The van der Waals surface area contributed by atoms with Crippen LogP contribution in [0.1, 0.15) is 10.4 Å². The molecular weight excluding hydrogens is 283 g/mol. The molecule has 2 aromatic carbocycles. The molecule has 4 nitrogen and oxygen atoms in total. The van der Waals surface area contributed by atoms with Crippen LogP contribution >= 0.6 is 11.6 Å². The Hall–Kier alpha value is -2.27. The molecule has 0 unspecified atom stereocenters. The Morgan fingerprint density at radius 3 is 2.75 bits per heavy atom. The lowest BCUT2D eigenvalue weighted by atomic mass is 10.2. The highest BCUT2D eigenvalue weighted by Gasteiger charge is 2.12. The van der Waals surface area contributed by atoms with E-state index in [9.17, 15) is 9.18 Å². The molecule has 0 heterocycles. The van der Waals surface area contributed by atoms with E-state index in [4.69, 9.17) is 22.1 Å². The standard InChI is InChI=1S/C14H12ClFN2O2/c1-20-13-6-8(2-4-10(13)16)14(19)18-12-7-9(15)3-5-11(12)17/h2-7H,17H2,1H3,(H,18,19). The minimum atomic E-state index is -0.536. The number of methoxy groups -OCH3 is 1. The number of rotatable bonds is 3. The van der Waals surface area contributed by atoms with Crippen LogP contribution in [0.2, 0.25) is 5.02 Å². The summed E-state index contributed by atoms with van der Waals surface area (Å²) in [4.78, 5) is 12.1. The Kier molecular flexibility index (Phi) is 4.10. The summed E-state index contributed by atoms with van der Waals surface area (Å²) in [5, 5.41) is 3.06. The summed E-state index contributed by atoms with van der Waals surface area (Å²) in [5.74, 6) is -0.972. The summed E-state index contributed by atoms with van der Waals surface area (Å²) < 4.78 is 18.1. The van der Waals surface area contributed by atoms with Gasteiger partial charge in [-0.3, -0.25) is 4.79 Å². The number of nitrogen functional groups attached to an aromatic ring is 1. The van der Waals surface area contributed by atoms with Crippen molar-refractivity contribution in [3.8, 4) is 5.75 Å². The molecule has 20 heavy (non-hydrogen) atoms. The first-order valence-corrected chi connectivity index (χ1v) is 6.09. The molecule has 2 aromatic rings. The number of anilines is 2. The smallest absolute Gasteiger partial charge is 0.255 e. The van der Waals surface area contributed by atoms with Gasteiger partial charge in [0.05, 0.1) is 18.5 Å². The van der Waals surface area contributed by atoms with Crippen molar-refractivity contribution in [3.05, 3.63) is 52.8 Å². The Balaban J connectivity index is 2.26. The Bertz CT molecular complexity index is 662. The summed E-state index contributed by atoms with van der Waals surface area (Å²) in [6.07, 6.45) is 0. The predicted octanol–water partition coefficient (Wildman–Crippen LogP) is 3.32. The predicted molar refractivity (Wildman–Crippen MR) is 76.8 cm³/mol. The van der Waals surface area contributed by atoms with Crippen molar-refractivity contribution in [2.24, 2.45) is 0 Å². The third kappa shape index (κ3) is 3.00. The fourth-order valence-electron chi connectivity index (χ4n) is 1.63. The quantitative estimate of drug-likeness (QED) is 0.854. The largest absolute Gasteiger partial charge is 0.494 e. The van der Waals surface area contributed by atoms with E-state index >= 15 is 0 Å². The van der Waals surface area contributed by atoms with E-state index in [2.05, 4.69) is 5.32 Å². The van der Waals surface area contributed by atoms with Crippen molar-refractivity contribution in [3.63, 3.8) is 0 Å². The zero-order chi connectivity index (χ0) is 14.7. The second-order valence-electron chi connectivity index (χ2n) is 4.04. The SMILES string of the molecule is COc1cc(C(=O)Nc2cc(Cl)ccc2N)ccc1F. The first-order chi connectivity index (χ1) is 9.51. The van der Waals surface area contributed by atoms with E-state index in [1.54, 1.807) is 12.1 Å². The average molecular weight is 295 g/mol. The maximum Gasteiger partial charge on any atom is 0.255 e. The van der Waals surface area contributed by atoms with Gasteiger partial charge in [-0.2, -0.15) is 0 Å². The number of ether oxygens (including phenoxy) is 1. The molecule has 104 valence electrons. The van der Waals surface area contributed by atoms with E-state index in [0.717, 1.165) is 6.07 Å². The van der Waals surface area contributed by atoms with E-state index < -0.39 is 11.7 Å². The minimum Gasteiger partial charge on any atom is -0.494 e. The number of carbonyl (C=O) groups is 1. The molecule has 0 aliphatic rings. The van der Waals surface area contributed by atoms with Gasteiger partial charge in [0.25, 0.3) is 5.91 Å². The van der Waals surface area contributed by atoms with Crippen molar-refractivity contribution in [2.45, 2.75) is 0 Å². The van der Waals surface area contributed by atoms with Gasteiger partial charge in [0.15, 0.2) is 11.6 Å². The molecule has 0 aliphatic heterocycles. The number of benzene rings is 2. The van der Waals surface area contributed by atoms with Gasteiger partial charge in [-0.25, -0.2) is 4.39 Å². The topological polar surface area (TPSA) is 64.3 Å². The van der Waals surface area contributed by atoms with Crippen molar-refractivity contribution >= 4 is 28.9 Å². The zero-order valence-corrected chi connectivity index (χ0v) is 11.4. The van der Waals surface area contributed by atoms with Crippen LogP contribution in [0.15, 0.2) is 36.4 Å². The maximum absolute atomic E-state index is 13.3. The van der Waals surface area contributed by atoms with Crippen LogP contribution < -0.4 is 15.8 Å². The Morgan fingerprint density at radius 2 is 2.05 bits per heavy atom. The van der Waals surface area contributed by atoms with Crippen molar-refractivity contribution in [1.82, 2.24) is 0 Å². The summed E-state index contributed by atoms with van der Waals surface area (Å²) in [5.41, 5.74) is 6.77. The van der Waals surface area contributed by atoms with Crippen LogP contribution in [-0.2, 0) is 0 Å². The number of amides is 1. The average Bonchev–Trinajstić information content (AvgIpc) is 2.43. The summed E-state index contributed by atoms with van der Waals surface area (Å²) in [7, 11) is 1.33. The number of carbonyl (C=O) groups excluding carboxylic acids is 1. The molecule has 0 aromatic heterocycles. The molecule has 0 bridgehead atoms. The fraction of sp³-hybridized carbons (Fsp3) is 0.0714. The molecule has 0 radical (unpaired) electrons. The van der Waals surface area contributed by atoms with Gasteiger partial charge in [-0.15, -0.1) is 0 Å². The van der Waals surface area contributed by atoms with Crippen molar-refractivity contribution in [2.75, 3.05) is 18.2 Å². The van der Waals surface area contributed by atoms with Gasteiger partial charge in [-0.1, -0.05) is 11.6 Å². The minimum absolute atomic E-state index is 0.00304. The van der Waals surface area contributed by atoms with Crippen molar-refractivity contribution < 1.29 is 13.9 Å². The molecule has 2 rings (SSSR count). The van der Waals surface area contributed by atoms with Gasteiger partial charge < -0.3 is 15.8 Å². The number of halogens is 2. The highest BCUT2D eigenvalue weighted by molar-refractivity contribution is 6.31. The van der Waals surface area contributed by atoms with Gasteiger partial charge in [0, 0.05) is 10.6 Å². The van der Waals surface area contributed by atoms with Gasteiger partial charge in [-0.05, 0) is 36.4 Å². The van der Waals surface area contributed by atoms with Gasteiger partial charge in [0.1, 0.15) is 0 Å². The normalized spacial score (nSPS) is 10.2. The summed E-state index contributed by atoms with van der Waals surface area (Å²) in [6.45, 7) is 0. The van der Waals surface area contributed by atoms with Crippen LogP contribution in [0, 0.1) is 5.82 Å². The van der Waals surface area contributed by atoms with Crippen molar-refractivity contribution in [1.29, 1.82) is 0 Å². The molecular formula is C14H12ClFN2O2. The molecule has 1 amide bonds. The highest BCUT2D eigenvalue weighted by atomic mass is 35.5. The summed E-state index contributed by atoms with van der Waals surface area (Å²) >= 11 is 5.84. The number of nitrogens with two attached hydrogens (primary N) is 1. The molecule has 0 saturated heterocycles. The molecule has 0 atom stereocenters. The van der Waals surface area contributed by atoms with Gasteiger partial charge >= 0.3 is 0 Å². The number of nitrogens with one attached hydrogen (secondary N) is 1. The van der Waals surface area contributed by atoms with E-state index in [0.29, 0.717) is 16.4 Å². The lowest BCUT2D eigenvalue weighted by Gasteiger charge is -2.09. The fourth-order valence-corrected chi connectivity index (χ4v) is 1.80. The first kappa shape index (κ1) is 14.1. The van der Waals surface area contributed by atoms with Crippen LogP contribution in [-0.4, -0.2) is 13.0 Å². The zero-order valence-electron chi connectivity index (χ0n) is 10.6. The second-order valence-corrected chi connectivity index (χ2v) is 4.47. The molecule has 3 N–H and O–H groups in total. The van der Waals surface area contributed by atoms with E-state index in [1.165, 1.54) is 25.3 Å². The van der Waals surface area contributed by atoms with E-state index in [-0.39, 0.29) is 11.3 Å². The molecule has 0 saturated carbocycles. The molecule has 0 aliphatic carbocycles. The van der Waals surface area contributed by atoms with Crippen LogP contribution in [0.4, 0.5) is 15.8 Å². The monoisotopic (exact) mass is 294 g/mol. The Labute approximate surface area is 120 Å². The maximum atomic E-state index is 13.3. The first-order valence-electron chi connectivity index (χ1n) is 5.71. The third-order valence-corrected chi connectivity index (χ3v) is 2.91. The molecule has 0 fully saturated rings. The summed E-state index contributed by atoms with van der Waals surface area (Å²) in [6, 6.07) is 8.57. The third-order valence-electron chi connectivity index (χ3n) is 2.68. The molecule has 0 spiro atoms. The number of hydrogen-bond acceptors (Lipinski definition) is 3. The molecule has 6 heteroatoms. The highest BCUT2D eigenvalue weighted by Crippen LogP contribution is 2.24. The van der Waals surface area contributed by atoms with Gasteiger partial charge in [0.2, 0.25) is 0 Å².